The maximum atomic E-state index is 6.07. The number of rotatable bonds is 4. The van der Waals surface area contributed by atoms with Crippen molar-refractivity contribution in [2.24, 2.45) is 0 Å². The average Bonchev–Trinajstić information content (AvgIpc) is 2.53. The minimum Gasteiger partial charge on any atom is -0.375 e. The van der Waals surface area contributed by atoms with E-state index in [9.17, 15) is 0 Å². The first-order valence-corrected chi connectivity index (χ1v) is 7.42. The molecule has 108 valence electrons. The van der Waals surface area contributed by atoms with Crippen LogP contribution in [-0.2, 0) is 20.8 Å². The smallest absolute Gasteiger partial charge is 0.102 e. The van der Waals surface area contributed by atoms with Crippen LogP contribution >= 0.6 is 0 Å². The quantitative estimate of drug-likeness (QED) is 0.790. The molecule has 20 heavy (non-hydrogen) atoms. The summed E-state index contributed by atoms with van der Waals surface area (Å²) < 4.78 is 17.9. The molecule has 1 aromatic rings. The Morgan fingerprint density at radius 2 is 2.10 bits per heavy atom. The van der Waals surface area contributed by atoms with Crippen LogP contribution in [0.2, 0.25) is 0 Å². The Labute approximate surface area is 120 Å². The van der Waals surface area contributed by atoms with Gasteiger partial charge < -0.3 is 14.2 Å². The van der Waals surface area contributed by atoms with E-state index in [2.05, 4.69) is 18.7 Å². The lowest BCUT2D eigenvalue weighted by Crippen LogP contribution is -2.50. The van der Waals surface area contributed by atoms with Gasteiger partial charge in [0.2, 0.25) is 0 Å². The molecule has 3 heteroatoms. The van der Waals surface area contributed by atoms with E-state index in [1.165, 1.54) is 5.56 Å². The summed E-state index contributed by atoms with van der Waals surface area (Å²) in [6.07, 6.45) is 5.33. The van der Waals surface area contributed by atoms with Gasteiger partial charge in [-0.05, 0) is 18.4 Å². The highest BCUT2D eigenvalue weighted by Gasteiger charge is 2.39. The summed E-state index contributed by atoms with van der Waals surface area (Å²) in [6, 6.07) is 10.2. The van der Waals surface area contributed by atoms with Crippen molar-refractivity contribution < 1.29 is 14.2 Å². The molecule has 0 radical (unpaired) electrons. The molecule has 4 atom stereocenters. The maximum absolute atomic E-state index is 6.07. The van der Waals surface area contributed by atoms with Crippen molar-refractivity contribution in [3.05, 3.63) is 48.6 Å². The van der Waals surface area contributed by atoms with Crippen molar-refractivity contribution in [3.8, 4) is 0 Å². The van der Waals surface area contributed by atoms with Crippen LogP contribution in [0.15, 0.2) is 43.0 Å². The van der Waals surface area contributed by atoms with Crippen LogP contribution in [0.25, 0.3) is 0 Å². The van der Waals surface area contributed by atoms with Gasteiger partial charge in [0, 0.05) is 13.0 Å². The van der Waals surface area contributed by atoms with Gasteiger partial charge in [-0.2, -0.15) is 0 Å². The zero-order valence-electron chi connectivity index (χ0n) is 11.7. The molecule has 2 fully saturated rings. The fourth-order valence-corrected chi connectivity index (χ4v) is 2.99. The molecular weight excluding hydrogens is 252 g/mol. The van der Waals surface area contributed by atoms with Crippen molar-refractivity contribution in [2.75, 3.05) is 6.61 Å². The molecule has 2 saturated heterocycles. The van der Waals surface area contributed by atoms with Crippen LogP contribution < -0.4 is 0 Å². The van der Waals surface area contributed by atoms with E-state index in [4.69, 9.17) is 14.2 Å². The second-order valence-corrected chi connectivity index (χ2v) is 5.50. The standard InChI is InChI=1S/C17H22O3/c1-2-14-16(19-12-13-7-4-3-5-8-13)11-17-15(20-14)9-6-10-18-17/h2-5,7-8,14-17H,1,6,9-12H2/t14-,15+,16+,17-/m1/s1. The van der Waals surface area contributed by atoms with Crippen LogP contribution in [0.5, 0.6) is 0 Å². The molecule has 0 amide bonds. The van der Waals surface area contributed by atoms with Gasteiger partial charge in [0.15, 0.2) is 0 Å². The summed E-state index contributed by atoms with van der Waals surface area (Å²) >= 11 is 0. The van der Waals surface area contributed by atoms with Crippen molar-refractivity contribution in [1.29, 1.82) is 0 Å². The van der Waals surface area contributed by atoms with Gasteiger partial charge in [0.25, 0.3) is 0 Å². The zero-order chi connectivity index (χ0) is 13.8. The molecular formula is C17H22O3. The summed E-state index contributed by atoms with van der Waals surface area (Å²) in [6.45, 7) is 5.33. The highest BCUT2D eigenvalue weighted by Crippen LogP contribution is 2.31. The Bertz CT molecular complexity index is 431. The molecule has 0 saturated carbocycles. The fourth-order valence-electron chi connectivity index (χ4n) is 2.99. The predicted octanol–water partition coefficient (Wildman–Crippen LogP) is 3.09. The van der Waals surface area contributed by atoms with Gasteiger partial charge in [0.05, 0.1) is 24.9 Å². The lowest BCUT2D eigenvalue weighted by atomic mass is 9.93. The molecule has 1 aromatic carbocycles. The molecule has 2 heterocycles. The summed E-state index contributed by atoms with van der Waals surface area (Å²) in [4.78, 5) is 0. The number of hydrogen-bond donors (Lipinski definition) is 0. The molecule has 3 nitrogen and oxygen atoms in total. The van der Waals surface area contributed by atoms with Gasteiger partial charge in [-0.15, -0.1) is 6.58 Å². The highest BCUT2D eigenvalue weighted by molar-refractivity contribution is 5.13. The molecule has 3 rings (SSSR count). The molecule has 0 bridgehead atoms. The zero-order valence-corrected chi connectivity index (χ0v) is 11.7. The highest BCUT2D eigenvalue weighted by atomic mass is 16.6. The van der Waals surface area contributed by atoms with Crippen molar-refractivity contribution in [3.63, 3.8) is 0 Å². The molecule has 0 N–H and O–H groups in total. The van der Waals surface area contributed by atoms with Crippen LogP contribution in [0.4, 0.5) is 0 Å². The first-order valence-electron chi connectivity index (χ1n) is 7.42. The van der Waals surface area contributed by atoms with Gasteiger partial charge in [-0.25, -0.2) is 0 Å². The molecule has 0 unspecified atom stereocenters. The lowest BCUT2D eigenvalue weighted by Gasteiger charge is -2.42. The number of benzene rings is 1. The normalized spacial score (nSPS) is 33.4. The maximum Gasteiger partial charge on any atom is 0.102 e. The Morgan fingerprint density at radius 1 is 1.25 bits per heavy atom. The first-order chi connectivity index (χ1) is 9.86. The fraction of sp³-hybridized carbons (Fsp3) is 0.529. The molecule has 0 aromatic heterocycles. The Balaban J connectivity index is 1.60. The van der Waals surface area contributed by atoms with E-state index in [1.54, 1.807) is 0 Å². The lowest BCUT2D eigenvalue weighted by molar-refractivity contribution is -0.202. The van der Waals surface area contributed by atoms with Gasteiger partial charge >= 0.3 is 0 Å². The summed E-state index contributed by atoms with van der Waals surface area (Å²) in [5.41, 5.74) is 1.18. The van der Waals surface area contributed by atoms with Crippen LogP contribution in [0, 0.1) is 0 Å². The average molecular weight is 274 g/mol. The largest absolute Gasteiger partial charge is 0.375 e. The van der Waals surface area contributed by atoms with Crippen LogP contribution in [0.1, 0.15) is 24.8 Å². The summed E-state index contributed by atoms with van der Waals surface area (Å²) in [5.74, 6) is 0. The Kier molecular flexibility index (Phi) is 4.51. The van der Waals surface area contributed by atoms with E-state index in [1.807, 2.05) is 24.3 Å². The number of hydrogen-bond acceptors (Lipinski definition) is 3. The van der Waals surface area contributed by atoms with E-state index < -0.39 is 0 Å². The van der Waals surface area contributed by atoms with Crippen molar-refractivity contribution in [1.82, 2.24) is 0 Å². The molecule has 0 aliphatic carbocycles. The SMILES string of the molecule is C=C[C@H]1O[C@H]2CCCO[C@@H]2C[C@@H]1OCc1ccccc1. The number of ether oxygens (including phenoxy) is 3. The van der Waals surface area contributed by atoms with Crippen molar-refractivity contribution >= 4 is 0 Å². The third-order valence-electron chi connectivity index (χ3n) is 4.08. The molecule has 2 aliphatic rings. The third kappa shape index (κ3) is 3.11. The third-order valence-corrected chi connectivity index (χ3v) is 4.08. The predicted molar refractivity (Wildman–Crippen MR) is 77.5 cm³/mol. The van der Waals surface area contributed by atoms with Crippen LogP contribution in [-0.4, -0.2) is 31.0 Å². The number of fused-ring (bicyclic) bond motifs is 1. The second-order valence-electron chi connectivity index (χ2n) is 5.50. The second kappa shape index (κ2) is 6.53. The monoisotopic (exact) mass is 274 g/mol. The topological polar surface area (TPSA) is 27.7 Å². The van der Waals surface area contributed by atoms with Gasteiger partial charge in [0.1, 0.15) is 6.10 Å². The Morgan fingerprint density at radius 3 is 2.90 bits per heavy atom. The summed E-state index contributed by atoms with van der Waals surface area (Å²) in [5, 5.41) is 0. The van der Waals surface area contributed by atoms with E-state index in [-0.39, 0.29) is 24.4 Å². The van der Waals surface area contributed by atoms with Crippen LogP contribution in [0.3, 0.4) is 0 Å². The van der Waals surface area contributed by atoms with Gasteiger partial charge in [-0.1, -0.05) is 36.4 Å². The van der Waals surface area contributed by atoms with E-state index >= 15 is 0 Å². The molecule has 0 spiro atoms. The van der Waals surface area contributed by atoms with Gasteiger partial charge in [-0.3, -0.25) is 0 Å². The Hall–Kier alpha value is -1.16. The minimum atomic E-state index is -0.0262. The molecule has 2 aliphatic heterocycles. The van der Waals surface area contributed by atoms with Crippen molar-refractivity contribution in [2.45, 2.75) is 50.3 Å². The minimum absolute atomic E-state index is 0.0262. The summed E-state index contributed by atoms with van der Waals surface area (Å²) in [7, 11) is 0. The first kappa shape index (κ1) is 13.8. The van der Waals surface area contributed by atoms with E-state index in [0.717, 1.165) is 25.9 Å². The van der Waals surface area contributed by atoms with E-state index in [0.29, 0.717) is 6.61 Å².